The molecule has 4 heterocycles. The van der Waals surface area contributed by atoms with Gasteiger partial charge in [0.05, 0.1) is 22.3 Å². The Labute approximate surface area is 234 Å². The van der Waals surface area contributed by atoms with Crippen LogP contribution in [0.5, 0.6) is 5.75 Å². The second kappa shape index (κ2) is 9.94. The van der Waals surface area contributed by atoms with E-state index in [1.54, 1.807) is 13.1 Å². The Hall–Kier alpha value is -5.01. The molecule has 7 rings (SSSR count). The highest BCUT2D eigenvalue weighted by atomic mass is 32.1. The van der Waals surface area contributed by atoms with Crippen LogP contribution in [0.2, 0.25) is 0 Å². The van der Waals surface area contributed by atoms with Gasteiger partial charge in [-0.3, -0.25) is 14.9 Å². The summed E-state index contributed by atoms with van der Waals surface area (Å²) in [6, 6.07) is 30.6. The number of H-pyrrole nitrogens is 2. The Morgan fingerprint density at radius 2 is 1.75 bits per heavy atom. The number of benzene rings is 3. The summed E-state index contributed by atoms with van der Waals surface area (Å²) < 4.78 is 6.01. The van der Waals surface area contributed by atoms with Gasteiger partial charge in [0.15, 0.2) is 5.78 Å². The number of aromatic nitrogens is 4. The third kappa shape index (κ3) is 4.46. The summed E-state index contributed by atoms with van der Waals surface area (Å²) in [5, 5.41) is 9.95. The van der Waals surface area contributed by atoms with Crippen molar-refractivity contribution in [2.75, 3.05) is 0 Å². The zero-order chi connectivity index (χ0) is 27.1. The largest absolute Gasteiger partial charge is 0.487 e. The molecule has 7 aromatic rings. The number of ether oxygens (including phenoxy) is 1. The summed E-state index contributed by atoms with van der Waals surface area (Å²) in [6.45, 7) is 2.09. The Kier molecular flexibility index (Phi) is 5.98. The van der Waals surface area contributed by atoms with Crippen molar-refractivity contribution in [3.05, 3.63) is 114 Å². The number of fused-ring (bicyclic) bond motifs is 2. The van der Waals surface area contributed by atoms with E-state index in [1.807, 2.05) is 66.9 Å². The fraction of sp³-hybridized carbons (Fsp3) is 0.0606. The van der Waals surface area contributed by atoms with Crippen molar-refractivity contribution < 1.29 is 9.53 Å². The highest BCUT2D eigenvalue weighted by Crippen LogP contribution is 2.37. The van der Waals surface area contributed by atoms with Crippen molar-refractivity contribution in [1.82, 2.24) is 20.2 Å². The van der Waals surface area contributed by atoms with Crippen LogP contribution in [0, 0.1) is 0 Å². The first-order chi connectivity index (χ1) is 19.6. The molecule has 0 aliphatic heterocycles. The van der Waals surface area contributed by atoms with Crippen LogP contribution in [0.25, 0.3) is 54.8 Å². The van der Waals surface area contributed by atoms with Crippen LogP contribution >= 0.6 is 11.3 Å². The zero-order valence-corrected chi connectivity index (χ0v) is 22.5. The third-order valence-corrected chi connectivity index (χ3v) is 8.21. The number of carbonyl (C=O) groups excluding carboxylic acids is 1. The van der Waals surface area contributed by atoms with Crippen molar-refractivity contribution >= 4 is 38.9 Å². The smallest absolute Gasteiger partial charge is 0.169 e. The standard InChI is InChI=1S/C33H24N4O2S/c1-20(38)31-12-13-32(40-31)25-8-5-9-28-26(25)16-30(35-28)33-27-15-22(10-11-29(27)36-37-33)23-14-24(18-34-17-23)39-19-21-6-3-2-4-7-21/h2-18,35H,19H2,1H3,(H,36,37). The average Bonchev–Trinajstić information content (AvgIpc) is 3.74. The lowest BCUT2D eigenvalue weighted by Crippen LogP contribution is -1.95. The zero-order valence-electron chi connectivity index (χ0n) is 21.6. The maximum absolute atomic E-state index is 11.9. The molecule has 0 amide bonds. The van der Waals surface area contributed by atoms with Crippen molar-refractivity contribution in [2.24, 2.45) is 0 Å². The van der Waals surface area contributed by atoms with Gasteiger partial charge in [0, 0.05) is 38.5 Å². The molecule has 0 saturated heterocycles. The summed E-state index contributed by atoms with van der Waals surface area (Å²) in [5.41, 5.74) is 7.94. The fourth-order valence-corrected chi connectivity index (χ4v) is 5.91. The minimum atomic E-state index is 0.0838. The molecule has 0 fully saturated rings. The minimum absolute atomic E-state index is 0.0838. The average molecular weight is 541 g/mol. The number of ketones is 1. The molecule has 0 bridgehead atoms. The lowest BCUT2D eigenvalue weighted by atomic mass is 10.0. The number of hydrogen-bond acceptors (Lipinski definition) is 5. The second-order valence-corrected chi connectivity index (χ2v) is 10.8. The number of nitrogens with one attached hydrogen (secondary N) is 2. The Morgan fingerprint density at radius 1 is 0.850 bits per heavy atom. The minimum Gasteiger partial charge on any atom is -0.487 e. The molecule has 0 atom stereocenters. The number of rotatable bonds is 7. The monoisotopic (exact) mass is 540 g/mol. The van der Waals surface area contributed by atoms with Crippen LogP contribution in [0.4, 0.5) is 0 Å². The topological polar surface area (TPSA) is 83.7 Å². The van der Waals surface area contributed by atoms with Crippen molar-refractivity contribution in [3.63, 3.8) is 0 Å². The molecule has 0 aliphatic rings. The number of pyridine rings is 1. The normalized spacial score (nSPS) is 11.3. The molecule has 7 heteroatoms. The van der Waals surface area contributed by atoms with Gasteiger partial charge in [0.1, 0.15) is 18.1 Å². The van der Waals surface area contributed by atoms with E-state index in [9.17, 15) is 4.79 Å². The third-order valence-electron chi connectivity index (χ3n) is 7.00. The van der Waals surface area contributed by atoms with Gasteiger partial charge in [0.25, 0.3) is 0 Å². The first kappa shape index (κ1) is 24.1. The molecular weight excluding hydrogens is 516 g/mol. The summed E-state index contributed by atoms with van der Waals surface area (Å²) in [5.74, 6) is 0.805. The summed E-state index contributed by atoms with van der Waals surface area (Å²) in [6.07, 6.45) is 3.59. The van der Waals surface area contributed by atoms with Gasteiger partial charge in [-0.15, -0.1) is 11.3 Å². The predicted octanol–water partition coefficient (Wildman–Crippen LogP) is 8.28. The highest BCUT2D eigenvalue weighted by Gasteiger charge is 2.16. The van der Waals surface area contributed by atoms with Gasteiger partial charge in [-0.2, -0.15) is 5.10 Å². The Bertz CT molecular complexity index is 2000. The van der Waals surface area contributed by atoms with E-state index in [0.29, 0.717) is 6.61 Å². The lowest BCUT2D eigenvalue weighted by Gasteiger charge is -2.08. The van der Waals surface area contributed by atoms with E-state index in [-0.39, 0.29) is 5.78 Å². The summed E-state index contributed by atoms with van der Waals surface area (Å²) in [7, 11) is 0. The van der Waals surface area contributed by atoms with Crippen molar-refractivity contribution in [2.45, 2.75) is 13.5 Å². The molecular formula is C33H24N4O2S. The van der Waals surface area contributed by atoms with Crippen molar-refractivity contribution in [1.29, 1.82) is 0 Å². The predicted molar refractivity (Wildman–Crippen MR) is 161 cm³/mol. The molecule has 194 valence electrons. The summed E-state index contributed by atoms with van der Waals surface area (Å²) >= 11 is 1.52. The molecule has 0 unspecified atom stereocenters. The number of thiophene rings is 1. The number of carbonyl (C=O) groups is 1. The number of Topliss-reactive ketones (excluding diaryl/α,β-unsaturated/α-hetero) is 1. The molecule has 0 radical (unpaired) electrons. The number of aromatic amines is 2. The van der Waals surface area contributed by atoms with Gasteiger partial charge < -0.3 is 9.72 Å². The van der Waals surface area contributed by atoms with E-state index in [0.717, 1.165) is 71.0 Å². The van der Waals surface area contributed by atoms with E-state index >= 15 is 0 Å². The molecule has 3 aromatic carbocycles. The van der Waals surface area contributed by atoms with Crippen molar-refractivity contribution in [3.8, 4) is 38.7 Å². The van der Waals surface area contributed by atoms with E-state index in [2.05, 4.69) is 50.5 Å². The molecule has 4 aromatic heterocycles. The van der Waals surface area contributed by atoms with Crippen LogP contribution < -0.4 is 4.74 Å². The van der Waals surface area contributed by atoms with Crippen LogP contribution in [-0.4, -0.2) is 25.9 Å². The first-order valence-corrected chi connectivity index (χ1v) is 13.8. The SMILES string of the molecule is CC(=O)c1ccc(-c2cccc3[nH]c(-c4n[nH]c5ccc(-c6cncc(OCc7ccccc7)c6)cc45)cc23)s1. The maximum Gasteiger partial charge on any atom is 0.169 e. The molecule has 0 spiro atoms. The molecule has 0 aliphatic carbocycles. The van der Waals surface area contributed by atoms with E-state index in [1.165, 1.54) is 11.3 Å². The first-order valence-electron chi connectivity index (χ1n) is 13.0. The highest BCUT2D eigenvalue weighted by molar-refractivity contribution is 7.17. The van der Waals surface area contributed by atoms with Gasteiger partial charge >= 0.3 is 0 Å². The van der Waals surface area contributed by atoms with E-state index < -0.39 is 0 Å². The fourth-order valence-electron chi connectivity index (χ4n) is 4.96. The maximum atomic E-state index is 11.9. The van der Waals surface area contributed by atoms with Gasteiger partial charge in [-0.25, -0.2) is 0 Å². The Morgan fingerprint density at radius 3 is 2.60 bits per heavy atom. The van der Waals surface area contributed by atoms with Crippen LogP contribution in [0.3, 0.4) is 0 Å². The van der Waals surface area contributed by atoms with Gasteiger partial charge in [-0.05, 0) is 60.5 Å². The molecule has 6 nitrogen and oxygen atoms in total. The number of hydrogen-bond donors (Lipinski definition) is 2. The molecule has 40 heavy (non-hydrogen) atoms. The quantitative estimate of drug-likeness (QED) is 0.199. The van der Waals surface area contributed by atoms with Crippen LogP contribution in [0.1, 0.15) is 22.2 Å². The van der Waals surface area contributed by atoms with Gasteiger partial charge in [0.2, 0.25) is 0 Å². The van der Waals surface area contributed by atoms with Gasteiger partial charge in [-0.1, -0.05) is 48.5 Å². The Balaban J connectivity index is 1.23. The number of nitrogens with zero attached hydrogens (tertiary/aromatic N) is 2. The lowest BCUT2D eigenvalue weighted by molar-refractivity contribution is 0.102. The van der Waals surface area contributed by atoms with Crippen LogP contribution in [-0.2, 0) is 6.61 Å². The molecule has 2 N–H and O–H groups in total. The van der Waals surface area contributed by atoms with E-state index in [4.69, 9.17) is 4.74 Å². The molecule has 0 saturated carbocycles. The second-order valence-electron chi connectivity index (χ2n) is 9.69. The van der Waals surface area contributed by atoms with Crippen LogP contribution in [0.15, 0.2) is 103 Å². The summed E-state index contributed by atoms with van der Waals surface area (Å²) in [4.78, 5) is 21.7.